The number of carbonyl (C=O) groups excluding carboxylic acids is 1. The van der Waals surface area contributed by atoms with Crippen LogP contribution in [0.4, 0.5) is 0 Å². The van der Waals surface area contributed by atoms with Crippen molar-refractivity contribution in [3.05, 3.63) is 20.3 Å². The van der Waals surface area contributed by atoms with Crippen LogP contribution in [0.15, 0.2) is 6.07 Å². The quantitative estimate of drug-likeness (QED) is 0.803. The molecule has 0 N–H and O–H groups in total. The van der Waals surface area contributed by atoms with Gasteiger partial charge in [0, 0.05) is 6.26 Å². The number of halogens is 2. The molecular formula is C8H8Cl2O3S2. The molecule has 0 fully saturated rings. The standard InChI is InChI=1S/C8H8Cl2O3S2/c1-4(15(2,12)13)7(11)5-3-6(9)14-8(5)10/h3-4H,1-2H3. The molecule has 7 heteroatoms. The molecule has 0 aliphatic rings. The third-order valence-corrected chi connectivity index (χ3v) is 4.92. The van der Waals surface area contributed by atoms with E-state index in [2.05, 4.69) is 0 Å². The van der Waals surface area contributed by atoms with Gasteiger partial charge in [-0.2, -0.15) is 0 Å². The first-order valence-electron chi connectivity index (χ1n) is 3.91. The van der Waals surface area contributed by atoms with E-state index in [1.807, 2.05) is 0 Å². The smallest absolute Gasteiger partial charge is 0.183 e. The van der Waals surface area contributed by atoms with Crippen molar-refractivity contribution in [2.45, 2.75) is 12.2 Å². The predicted octanol–water partition coefficient (Wildman–Crippen LogP) is 2.67. The van der Waals surface area contributed by atoms with E-state index in [0.717, 1.165) is 17.6 Å². The van der Waals surface area contributed by atoms with Gasteiger partial charge in [-0.15, -0.1) is 11.3 Å². The number of carbonyl (C=O) groups is 1. The van der Waals surface area contributed by atoms with Crippen molar-refractivity contribution in [3.8, 4) is 0 Å². The summed E-state index contributed by atoms with van der Waals surface area (Å²) in [7, 11) is -3.40. The molecule has 1 heterocycles. The number of ketones is 1. The fraction of sp³-hybridized carbons (Fsp3) is 0.375. The molecule has 1 unspecified atom stereocenters. The molecule has 0 aliphatic carbocycles. The maximum absolute atomic E-state index is 11.7. The van der Waals surface area contributed by atoms with Gasteiger partial charge < -0.3 is 0 Å². The predicted molar refractivity (Wildman–Crippen MR) is 63.0 cm³/mol. The molecule has 84 valence electrons. The maximum Gasteiger partial charge on any atom is 0.183 e. The Bertz CT molecular complexity index is 490. The second-order valence-corrected chi connectivity index (χ2v) is 7.73. The van der Waals surface area contributed by atoms with Crippen LogP contribution in [0.25, 0.3) is 0 Å². The van der Waals surface area contributed by atoms with Gasteiger partial charge in [0.1, 0.15) is 9.59 Å². The molecule has 1 aromatic rings. The normalized spacial score (nSPS) is 13.9. The summed E-state index contributed by atoms with van der Waals surface area (Å²) < 4.78 is 22.9. The molecule has 0 bridgehead atoms. The van der Waals surface area contributed by atoms with Crippen LogP contribution >= 0.6 is 34.5 Å². The van der Waals surface area contributed by atoms with E-state index in [-0.39, 0.29) is 9.90 Å². The van der Waals surface area contributed by atoms with Crippen LogP contribution < -0.4 is 0 Å². The molecule has 1 aromatic heterocycles. The van der Waals surface area contributed by atoms with Crippen molar-refractivity contribution in [1.29, 1.82) is 0 Å². The zero-order valence-corrected chi connectivity index (χ0v) is 11.1. The molecule has 3 nitrogen and oxygen atoms in total. The molecule has 0 aromatic carbocycles. The topological polar surface area (TPSA) is 51.2 Å². The summed E-state index contributed by atoms with van der Waals surface area (Å²) in [5.74, 6) is -0.523. The second kappa shape index (κ2) is 4.41. The van der Waals surface area contributed by atoms with Crippen LogP contribution in [-0.4, -0.2) is 25.7 Å². The SMILES string of the molecule is CC(C(=O)c1cc(Cl)sc1Cl)S(C)(=O)=O. The van der Waals surface area contributed by atoms with Crippen molar-refractivity contribution in [1.82, 2.24) is 0 Å². The average Bonchev–Trinajstić information content (AvgIpc) is 2.41. The lowest BCUT2D eigenvalue weighted by molar-refractivity contribution is 0.0992. The highest BCUT2D eigenvalue weighted by atomic mass is 35.5. The minimum absolute atomic E-state index is 0.171. The molecule has 0 saturated heterocycles. The molecule has 15 heavy (non-hydrogen) atoms. The van der Waals surface area contributed by atoms with Crippen LogP contribution in [0.5, 0.6) is 0 Å². The summed E-state index contributed by atoms with van der Waals surface area (Å²) in [6.07, 6.45) is 1.01. The van der Waals surface area contributed by atoms with Gasteiger partial charge in [0.05, 0.1) is 9.90 Å². The van der Waals surface area contributed by atoms with Crippen molar-refractivity contribution >= 4 is 50.2 Å². The van der Waals surface area contributed by atoms with Crippen molar-refractivity contribution < 1.29 is 13.2 Å². The zero-order chi connectivity index (χ0) is 11.8. The van der Waals surface area contributed by atoms with E-state index >= 15 is 0 Å². The van der Waals surface area contributed by atoms with Crippen LogP contribution in [0, 0.1) is 0 Å². The Morgan fingerprint density at radius 1 is 1.47 bits per heavy atom. The first-order chi connectivity index (χ1) is 6.73. The highest BCUT2D eigenvalue weighted by Gasteiger charge is 2.27. The molecule has 0 radical (unpaired) electrons. The van der Waals surface area contributed by atoms with E-state index in [1.165, 1.54) is 13.0 Å². The molecule has 0 amide bonds. The Morgan fingerprint density at radius 2 is 2.00 bits per heavy atom. The van der Waals surface area contributed by atoms with E-state index in [1.54, 1.807) is 0 Å². The summed E-state index contributed by atoms with van der Waals surface area (Å²) in [6.45, 7) is 1.33. The van der Waals surface area contributed by atoms with Gasteiger partial charge >= 0.3 is 0 Å². The number of sulfone groups is 1. The molecule has 1 atom stereocenters. The van der Waals surface area contributed by atoms with Gasteiger partial charge in [-0.3, -0.25) is 4.79 Å². The van der Waals surface area contributed by atoms with E-state index in [9.17, 15) is 13.2 Å². The zero-order valence-electron chi connectivity index (χ0n) is 7.95. The summed E-state index contributed by atoms with van der Waals surface area (Å²) in [6, 6.07) is 1.39. The number of hydrogen-bond donors (Lipinski definition) is 0. The number of thiophene rings is 1. The summed E-state index contributed by atoms with van der Waals surface area (Å²) >= 11 is 12.5. The number of Topliss-reactive ketones (excluding diaryl/α,β-unsaturated/α-hetero) is 1. The number of hydrogen-bond acceptors (Lipinski definition) is 4. The highest BCUT2D eigenvalue weighted by Crippen LogP contribution is 2.32. The third-order valence-electron chi connectivity index (χ3n) is 1.93. The summed E-state index contributed by atoms with van der Waals surface area (Å²) in [5.41, 5.74) is 0.171. The lowest BCUT2D eigenvalue weighted by Crippen LogP contribution is -2.26. The Balaban J connectivity index is 3.11. The van der Waals surface area contributed by atoms with Gasteiger partial charge in [0.2, 0.25) is 0 Å². The highest BCUT2D eigenvalue weighted by molar-refractivity contribution is 7.92. The second-order valence-electron chi connectivity index (χ2n) is 3.07. The van der Waals surface area contributed by atoms with Crippen molar-refractivity contribution in [3.63, 3.8) is 0 Å². The number of rotatable bonds is 3. The Kier molecular flexibility index (Phi) is 3.81. The van der Waals surface area contributed by atoms with Crippen molar-refractivity contribution in [2.75, 3.05) is 6.26 Å². The summed E-state index contributed by atoms with van der Waals surface area (Å²) in [5, 5.41) is -1.10. The average molecular weight is 287 g/mol. The van der Waals surface area contributed by atoms with Crippen molar-refractivity contribution in [2.24, 2.45) is 0 Å². The first kappa shape index (κ1) is 13.0. The lowest BCUT2D eigenvalue weighted by Gasteiger charge is -2.06. The molecule has 1 rings (SSSR count). The minimum Gasteiger partial charge on any atom is -0.293 e. The monoisotopic (exact) mass is 286 g/mol. The van der Waals surface area contributed by atoms with Crippen LogP contribution in [-0.2, 0) is 9.84 Å². The summed E-state index contributed by atoms with van der Waals surface area (Å²) in [4.78, 5) is 11.7. The minimum atomic E-state index is -3.40. The van der Waals surface area contributed by atoms with Gasteiger partial charge in [-0.1, -0.05) is 23.2 Å². The van der Waals surface area contributed by atoms with E-state index < -0.39 is 20.9 Å². The van der Waals surface area contributed by atoms with E-state index in [4.69, 9.17) is 23.2 Å². The Labute approximate surface area is 102 Å². The van der Waals surface area contributed by atoms with Gasteiger partial charge in [0.25, 0.3) is 0 Å². The van der Waals surface area contributed by atoms with Gasteiger partial charge in [-0.05, 0) is 13.0 Å². The third kappa shape index (κ3) is 2.93. The largest absolute Gasteiger partial charge is 0.293 e. The molecule has 0 aliphatic heterocycles. The molecule has 0 spiro atoms. The molecular weight excluding hydrogens is 279 g/mol. The lowest BCUT2D eigenvalue weighted by atomic mass is 10.2. The first-order valence-corrected chi connectivity index (χ1v) is 7.44. The Morgan fingerprint density at radius 3 is 2.33 bits per heavy atom. The van der Waals surface area contributed by atoms with Crippen LogP contribution in [0.3, 0.4) is 0 Å². The molecule has 0 saturated carbocycles. The van der Waals surface area contributed by atoms with Crippen LogP contribution in [0.1, 0.15) is 17.3 Å². The maximum atomic E-state index is 11.7. The Hall–Kier alpha value is -0.100. The van der Waals surface area contributed by atoms with E-state index in [0.29, 0.717) is 4.34 Å². The fourth-order valence-electron chi connectivity index (χ4n) is 0.922. The van der Waals surface area contributed by atoms with Gasteiger partial charge in [0.15, 0.2) is 15.6 Å². The van der Waals surface area contributed by atoms with Gasteiger partial charge in [-0.25, -0.2) is 8.42 Å². The fourth-order valence-corrected chi connectivity index (χ4v) is 2.91. The van der Waals surface area contributed by atoms with Crippen LogP contribution in [0.2, 0.25) is 8.67 Å².